The molecule has 0 N–H and O–H groups in total. The molecule has 144 valence electrons. The normalized spacial score (nSPS) is 15.1. The highest BCUT2D eigenvalue weighted by atomic mass is 32.2. The van der Waals surface area contributed by atoms with E-state index in [1.54, 1.807) is 72.8 Å². The van der Waals surface area contributed by atoms with Crippen molar-refractivity contribution in [3.05, 3.63) is 102 Å². The van der Waals surface area contributed by atoms with Crippen LogP contribution in [-0.4, -0.2) is 20.3 Å². The smallest absolute Gasteiger partial charge is 0.363 e. The number of ether oxygens (including phenoxy) is 1. The van der Waals surface area contributed by atoms with E-state index < -0.39 is 16.1 Å². The Kier molecular flexibility index (Phi) is 4.97. The summed E-state index contributed by atoms with van der Waals surface area (Å²) < 4.78 is 35.9. The van der Waals surface area contributed by atoms with Crippen molar-refractivity contribution in [1.29, 1.82) is 0 Å². The largest absolute Gasteiger partial charge is 0.402 e. The highest BCUT2D eigenvalue weighted by molar-refractivity contribution is 7.87. The fourth-order valence-corrected chi connectivity index (χ4v) is 3.85. The fraction of sp³-hybridized carbons (Fsp3) is 0. The lowest BCUT2D eigenvalue weighted by Gasteiger charge is -2.09. The minimum Gasteiger partial charge on any atom is -0.402 e. The van der Waals surface area contributed by atoms with Crippen LogP contribution in [-0.2, 0) is 19.6 Å². The quantitative estimate of drug-likeness (QED) is 0.366. The van der Waals surface area contributed by atoms with Gasteiger partial charge in [0.15, 0.2) is 5.70 Å². The van der Waals surface area contributed by atoms with Crippen molar-refractivity contribution in [1.82, 2.24) is 0 Å². The molecule has 1 aliphatic rings. The number of carbonyl (C=O) groups is 1. The molecule has 0 atom stereocenters. The lowest BCUT2D eigenvalue weighted by molar-refractivity contribution is -0.129. The zero-order valence-electron chi connectivity index (χ0n) is 15.1. The Morgan fingerprint density at radius 3 is 2.17 bits per heavy atom. The standard InChI is InChI=1S/C22H15NO5S/c24-22-19(23-21(27-22)16-9-3-1-4-10-16)15-17-11-7-8-14-20(17)29(25,26)28-18-12-5-2-6-13-18/h1-15H. The minimum atomic E-state index is -4.11. The van der Waals surface area contributed by atoms with Crippen LogP contribution < -0.4 is 4.18 Å². The van der Waals surface area contributed by atoms with Crippen LogP contribution in [0.2, 0.25) is 0 Å². The van der Waals surface area contributed by atoms with E-state index in [0.29, 0.717) is 5.56 Å². The number of esters is 1. The van der Waals surface area contributed by atoms with Crippen molar-refractivity contribution >= 4 is 28.1 Å². The van der Waals surface area contributed by atoms with Gasteiger partial charge in [0, 0.05) is 5.56 Å². The average Bonchev–Trinajstić information content (AvgIpc) is 3.10. The summed E-state index contributed by atoms with van der Waals surface area (Å²) in [6.07, 6.45) is 1.37. The minimum absolute atomic E-state index is 0.00575. The van der Waals surface area contributed by atoms with Crippen LogP contribution in [0, 0.1) is 0 Å². The van der Waals surface area contributed by atoms with Gasteiger partial charge in [0.1, 0.15) is 10.6 Å². The first-order valence-electron chi connectivity index (χ1n) is 8.69. The summed E-state index contributed by atoms with van der Waals surface area (Å²) in [7, 11) is -4.11. The molecule has 0 saturated carbocycles. The zero-order valence-corrected chi connectivity index (χ0v) is 15.9. The van der Waals surface area contributed by atoms with Gasteiger partial charge in [-0.25, -0.2) is 9.79 Å². The van der Waals surface area contributed by atoms with Crippen LogP contribution in [0.3, 0.4) is 0 Å². The van der Waals surface area contributed by atoms with Crippen LogP contribution >= 0.6 is 0 Å². The molecule has 3 aromatic rings. The summed E-state index contributed by atoms with van der Waals surface area (Å²) in [5, 5.41) is 0. The molecule has 0 radical (unpaired) electrons. The average molecular weight is 405 g/mol. The van der Waals surface area contributed by atoms with Gasteiger partial charge in [-0.3, -0.25) is 0 Å². The monoisotopic (exact) mass is 405 g/mol. The predicted molar refractivity (Wildman–Crippen MR) is 108 cm³/mol. The van der Waals surface area contributed by atoms with Crippen molar-refractivity contribution < 1.29 is 22.1 Å². The molecule has 0 fully saturated rings. The van der Waals surface area contributed by atoms with Crippen LogP contribution in [0.5, 0.6) is 5.75 Å². The van der Waals surface area contributed by atoms with Crippen molar-refractivity contribution in [2.75, 3.05) is 0 Å². The first-order chi connectivity index (χ1) is 14.0. The Bertz CT molecular complexity index is 1220. The molecular formula is C22H15NO5S. The summed E-state index contributed by atoms with van der Waals surface area (Å²) in [5.74, 6) is -0.289. The molecule has 0 bridgehead atoms. The van der Waals surface area contributed by atoms with E-state index in [1.165, 1.54) is 12.1 Å². The van der Waals surface area contributed by atoms with Gasteiger partial charge in [0.25, 0.3) is 0 Å². The number of benzene rings is 3. The van der Waals surface area contributed by atoms with E-state index in [1.807, 2.05) is 6.07 Å². The number of nitrogens with zero attached hydrogens (tertiary/aromatic N) is 1. The number of hydrogen-bond acceptors (Lipinski definition) is 6. The van der Waals surface area contributed by atoms with Crippen LogP contribution in [0.1, 0.15) is 11.1 Å². The fourth-order valence-electron chi connectivity index (χ4n) is 2.74. The van der Waals surface area contributed by atoms with Crippen molar-refractivity contribution in [2.24, 2.45) is 4.99 Å². The second kappa shape index (κ2) is 7.73. The van der Waals surface area contributed by atoms with Gasteiger partial charge in [-0.15, -0.1) is 0 Å². The van der Waals surface area contributed by atoms with E-state index in [9.17, 15) is 13.2 Å². The molecule has 0 aromatic heterocycles. The summed E-state index contributed by atoms with van der Waals surface area (Å²) in [5.41, 5.74) is 0.928. The lowest BCUT2D eigenvalue weighted by Crippen LogP contribution is -2.11. The zero-order chi connectivity index (χ0) is 20.3. The summed E-state index contributed by atoms with van der Waals surface area (Å²) in [4.78, 5) is 16.4. The molecule has 0 aliphatic carbocycles. The van der Waals surface area contributed by atoms with Crippen LogP contribution in [0.15, 0.2) is 101 Å². The third-order valence-corrected chi connectivity index (χ3v) is 5.39. The molecule has 6 nitrogen and oxygen atoms in total. The van der Waals surface area contributed by atoms with Crippen LogP contribution in [0.25, 0.3) is 6.08 Å². The summed E-state index contributed by atoms with van der Waals surface area (Å²) in [6, 6.07) is 23.4. The molecule has 7 heteroatoms. The van der Waals surface area contributed by atoms with Gasteiger partial charge < -0.3 is 8.92 Å². The molecule has 1 aliphatic heterocycles. The first kappa shape index (κ1) is 18.6. The number of carbonyl (C=O) groups excluding carboxylic acids is 1. The van der Waals surface area contributed by atoms with Gasteiger partial charge in [-0.05, 0) is 42.0 Å². The summed E-state index contributed by atoms with van der Waals surface area (Å²) >= 11 is 0. The van der Waals surface area contributed by atoms with Gasteiger partial charge in [-0.1, -0.05) is 54.6 Å². The van der Waals surface area contributed by atoms with Crippen molar-refractivity contribution in [2.45, 2.75) is 4.90 Å². The lowest BCUT2D eigenvalue weighted by atomic mass is 10.2. The molecule has 3 aromatic carbocycles. The predicted octanol–water partition coefficient (Wildman–Crippen LogP) is 3.80. The first-order valence-corrected chi connectivity index (χ1v) is 10.1. The second-order valence-corrected chi connectivity index (χ2v) is 7.61. The maximum Gasteiger partial charge on any atom is 0.363 e. The van der Waals surface area contributed by atoms with E-state index in [0.717, 1.165) is 0 Å². The van der Waals surface area contributed by atoms with Crippen molar-refractivity contribution in [3.63, 3.8) is 0 Å². The molecule has 4 rings (SSSR count). The summed E-state index contributed by atoms with van der Waals surface area (Å²) in [6.45, 7) is 0. The Balaban J connectivity index is 1.70. The molecular weight excluding hydrogens is 390 g/mol. The topological polar surface area (TPSA) is 82.0 Å². The van der Waals surface area contributed by atoms with E-state index in [-0.39, 0.29) is 27.8 Å². The molecule has 0 spiro atoms. The van der Waals surface area contributed by atoms with E-state index in [2.05, 4.69) is 4.99 Å². The van der Waals surface area contributed by atoms with E-state index >= 15 is 0 Å². The van der Waals surface area contributed by atoms with Gasteiger partial charge in [-0.2, -0.15) is 8.42 Å². The van der Waals surface area contributed by atoms with Gasteiger partial charge >= 0.3 is 16.1 Å². The third-order valence-electron chi connectivity index (χ3n) is 4.07. The SMILES string of the molecule is O=C1OC(c2ccccc2)=NC1=Cc1ccccc1S(=O)(=O)Oc1ccccc1. The highest BCUT2D eigenvalue weighted by Crippen LogP contribution is 2.25. The maximum absolute atomic E-state index is 12.8. The van der Waals surface area contributed by atoms with Crippen molar-refractivity contribution in [3.8, 4) is 5.75 Å². The Hall–Kier alpha value is -3.71. The van der Waals surface area contributed by atoms with Gasteiger partial charge in [0.05, 0.1) is 0 Å². The third kappa shape index (κ3) is 4.09. The van der Waals surface area contributed by atoms with E-state index in [4.69, 9.17) is 8.92 Å². The van der Waals surface area contributed by atoms with Gasteiger partial charge in [0.2, 0.25) is 5.90 Å². The number of rotatable bonds is 5. The van der Waals surface area contributed by atoms with Crippen LogP contribution in [0.4, 0.5) is 0 Å². The molecule has 0 amide bonds. The second-order valence-electron chi connectivity index (χ2n) is 6.09. The Morgan fingerprint density at radius 1 is 0.828 bits per heavy atom. The molecule has 29 heavy (non-hydrogen) atoms. The molecule has 0 saturated heterocycles. The Labute approximate surface area is 167 Å². The number of cyclic esters (lactones) is 1. The number of hydrogen-bond donors (Lipinski definition) is 0. The molecule has 1 heterocycles. The maximum atomic E-state index is 12.8. The number of aliphatic imine (C=N–C) groups is 1. The number of para-hydroxylation sites is 1. The Morgan fingerprint density at radius 2 is 1.45 bits per heavy atom. The highest BCUT2D eigenvalue weighted by Gasteiger charge is 2.26. The molecule has 0 unspecified atom stereocenters.